The summed E-state index contributed by atoms with van der Waals surface area (Å²) in [4.78, 5) is 0. The van der Waals surface area contributed by atoms with E-state index in [-0.39, 0.29) is 23.7 Å². The van der Waals surface area contributed by atoms with Crippen LogP contribution in [0.4, 0.5) is 8.78 Å². The van der Waals surface area contributed by atoms with Crippen molar-refractivity contribution < 1.29 is 13.5 Å². The predicted molar refractivity (Wildman–Crippen MR) is 69.9 cm³/mol. The second-order valence-electron chi connectivity index (χ2n) is 4.12. The summed E-state index contributed by atoms with van der Waals surface area (Å²) in [6, 6.07) is 11.5. The van der Waals surface area contributed by atoms with Crippen LogP contribution in [0.2, 0.25) is 0 Å². The zero-order chi connectivity index (χ0) is 14.5. The molecule has 102 valence electrons. The molecule has 1 atom stereocenters. The van der Waals surface area contributed by atoms with E-state index in [1.54, 1.807) is 6.07 Å². The lowest BCUT2D eigenvalue weighted by Gasteiger charge is -2.18. The summed E-state index contributed by atoms with van der Waals surface area (Å²) in [5.41, 5.74) is 6.11. The Bertz CT molecular complexity index is 635. The Morgan fingerprint density at radius 3 is 2.45 bits per heavy atom. The Morgan fingerprint density at radius 2 is 1.85 bits per heavy atom. The van der Waals surface area contributed by atoms with Crippen molar-refractivity contribution in [2.24, 2.45) is 5.73 Å². The van der Waals surface area contributed by atoms with Crippen LogP contribution in [0, 0.1) is 23.0 Å². The van der Waals surface area contributed by atoms with Gasteiger partial charge in [0.2, 0.25) is 0 Å². The predicted octanol–water partition coefficient (Wildman–Crippen LogP) is 2.92. The number of ether oxygens (including phenoxy) is 1. The van der Waals surface area contributed by atoms with E-state index >= 15 is 0 Å². The molecule has 0 spiro atoms. The minimum absolute atomic E-state index is 0.118. The number of nitrogens with two attached hydrogens (primary N) is 1. The first kappa shape index (κ1) is 14.0. The molecule has 3 nitrogen and oxygen atoms in total. The molecule has 2 aromatic carbocycles. The van der Waals surface area contributed by atoms with Gasteiger partial charge in [-0.2, -0.15) is 5.26 Å². The molecular formula is C15H12F2N2O. The Morgan fingerprint density at radius 1 is 1.15 bits per heavy atom. The van der Waals surface area contributed by atoms with Crippen molar-refractivity contribution >= 4 is 0 Å². The first-order valence-corrected chi connectivity index (χ1v) is 5.96. The van der Waals surface area contributed by atoms with Gasteiger partial charge in [0.25, 0.3) is 0 Å². The van der Waals surface area contributed by atoms with E-state index in [2.05, 4.69) is 0 Å². The molecule has 0 saturated carbocycles. The van der Waals surface area contributed by atoms with E-state index in [4.69, 9.17) is 15.7 Å². The van der Waals surface area contributed by atoms with Gasteiger partial charge < -0.3 is 10.5 Å². The van der Waals surface area contributed by atoms with Crippen LogP contribution in [0.25, 0.3) is 0 Å². The smallest absolute Gasteiger partial charge is 0.144 e. The second kappa shape index (κ2) is 6.13. The number of hydrogen-bond donors (Lipinski definition) is 1. The van der Waals surface area contributed by atoms with Gasteiger partial charge in [-0.3, -0.25) is 0 Å². The van der Waals surface area contributed by atoms with E-state index in [1.807, 2.05) is 0 Å². The zero-order valence-electron chi connectivity index (χ0n) is 10.5. The lowest BCUT2D eigenvalue weighted by atomic mass is 10.1. The molecule has 0 bridgehead atoms. The van der Waals surface area contributed by atoms with Gasteiger partial charge in [0.15, 0.2) is 0 Å². The van der Waals surface area contributed by atoms with Crippen molar-refractivity contribution in [3.63, 3.8) is 0 Å². The monoisotopic (exact) mass is 274 g/mol. The summed E-state index contributed by atoms with van der Waals surface area (Å²) in [5, 5.41) is 8.94. The number of nitriles is 1. The quantitative estimate of drug-likeness (QED) is 0.932. The van der Waals surface area contributed by atoms with Gasteiger partial charge in [0, 0.05) is 6.54 Å². The fourth-order valence-corrected chi connectivity index (χ4v) is 1.79. The summed E-state index contributed by atoms with van der Waals surface area (Å²) in [7, 11) is 0. The maximum absolute atomic E-state index is 13.5. The molecule has 2 aromatic rings. The highest BCUT2D eigenvalue weighted by Crippen LogP contribution is 2.26. The van der Waals surface area contributed by atoms with Gasteiger partial charge in [-0.15, -0.1) is 0 Å². The highest BCUT2D eigenvalue weighted by Gasteiger charge is 2.16. The molecule has 0 saturated heterocycles. The van der Waals surface area contributed by atoms with Crippen LogP contribution in [0.3, 0.4) is 0 Å². The SMILES string of the molecule is N#Cc1c(F)cccc1OC(CN)c1ccc(F)cc1. The molecule has 1 unspecified atom stereocenters. The van der Waals surface area contributed by atoms with Crippen LogP contribution in [0.5, 0.6) is 5.75 Å². The van der Waals surface area contributed by atoms with Crippen molar-refractivity contribution in [2.45, 2.75) is 6.10 Å². The summed E-state index contributed by atoms with van der Waals surface area (Å²) in [6.45, 7) is 0.118. The molecule has 5 heteroatoms. The minimum atomic E-state index is -0.653. The molecule has 20 heavy (non-hydrogen) atoms. The Kier molecular flexibility index (Phi) is 4.28. The van der Waals surface area contributed by atoms with E-state index < -0.39 is 11.9 Å². The maximum atomic E-state index is 13.5. The molecular weight excluding hydrogens is 262 g/mol. The molecule has 2 rings (SSSR count). The Labute approximate surface area is 115 Å². The third-order valence-electron chi connectivity index (χ3n) is 2.81. The number of rotatable bonds is 4. The molecule has 0 aromatic heterocycles. The summed E-state index contributed by atoms with van der Waals surface area (Å²) in [5.74, 6) is -0.903. The molecule has 0 aliphatic rings. The third-order valence-corrected chi connectivity index (χ3v) is 2.81. The van der Waals surface area contributed by atoms with Gasteiger partial charge in [-0.05, 0) is 29.8 Å². The molecule has 0 aliphatic carbocycles. The van der Waals surface area contributed by atoms with E-state index in [0.717, 1.165) is 0 Å². The highest BCUT2D eigenvalue weighted by molar-refractivity contribution is 5.44. The topological polar surface area (TPSA) is 59.0 Å². The Balaban J connectivity index is 2.30. The van der Waals surface area contributed by atoms with E-state index in [1.165, 1.54) is 42.5 Å². The molecule has 2 N–H and O–H groups in total. The molecule has 0 fully saturated rings. The fourth-order valence-electron chi connectivity index (χ4n) is 1.79. The van der Waals surface area contributed by atoms with Gasteiger partial charge in [0.05, 0.1) is 0 Å². The summed E-state index contributed by atoms with van der Waals surface area (Å²) in [6.07, 6.45) is -0.579. The fraction of sp³-hybridized carbons (Fsp3) is 0.133. The van der Waals surface area contributed by atoms with Crippen molar-refractivity contribution in [1.82, 2.24) is 0 Å². The van der Waals surface area contributed by atoms with Crippen molar-refractivity contribution in [1.29, 1.82) is 5.26 Å². The molecule has 0 heterocycles. The van der Waals surface area contributed by atoms with Crippen LogP contribution in [-0.4, -0.2) is 6.54 Å². The number of benzene rings is 2. The lowest BCUT2D eigenvalue weighted by molar-refractivity contribution is 0.212. The molecule has 0 amide bonds. The van der Waals surface area contributed by atoms with E-state index in [9.17, 15) is 8.78 Å². The first-order chi connectivity index (χ1) is 9.65. The first-order valence-electron chi connectivity index (χ1n) is 5.96. The standard InChI is InChI=1S/C15H12F2N2O/c16-11-6-4-10(5-7-11)15(9-19)20-14-3-1-2-13(17)12(14)8-18/h1-7,15H,9,19H2. The van der Waals surface area contributed by atoms with Crippen LogP contribution in [0.15, 0.2) is 42.5 Å². The van der Waals surface area contributed by atoms with Gasteiger partial charge in [0.1, 0.15) is 35.1 Å². The number of halogens is 2. The van der Waals surface area contributed by atoms with E-state index in [0.29, 0.717) is 5.56 Å². The van der Waals surface area contributed by atoms with Crippen molar-refractivity contribution in [3.8, 4) is 11.8 Å². The van der Waals surface area contributed by atoms with Crippen molar-refractivity contribution in [3.05, 3.63) is 65.2 Å². The van der Waals surface area contributed by atoms with Gasteiger partial charge in [-0.25, -0.2) is 8.78 Å². The summed E-state index contributed by atoms with van der Waals surface area (Å²) >= 11 is 0. The average molecular weight is 274 g/mol. The lowest BCUT2D eigenvalue weighted by Crippen LogP contribution is -2.19. The number of nitrogens with zero attached hydrogens (tertiary/aromatic N) is 1. The van der Waals surface area contributed by atoms with Gasteiger partial charge in [-0.1, -0.05) is 18.2 Å². The van der Waals surface area contributed by atoms with Crippen LogP contribution < -0.4 is 10.5 Å². The van der Waals surface area contributed by atoms with Crippen molar-refractivity contribution in [2.75, 3.05) is 6.54 Å². The average Bonchev–Trinajstić information content (AvgIpc) is 2.46. The molecule has 0 aliphatic heterocycles. The Hall–Kier alpha value is -2.45. The normalized spacial score (nSPS) is 11.7. The highest BCUT2D eigenvalue weighted by atomic mass is 19.1. The van der Waals surface area contributed by atoms with Gasteiger partial charge >= 0.3 is 0 Å². The zero-order valence-corrected chi connectivity index (χ0v) is 10.5. The van der Waals surface area contributed by atoms with Crippen LogP contribution in [-0.2, 0) is 0 Å². The largest absolute Gasteiger partial charge is 0.483 e. The van der Waals surface area contributed by atoms with Crippen LogP contribution >= 0.6 is 0 Å². The summed E-state index contributed by atoms with van der Waals surface area (Å²) < 4.78 is 31.9. The maximum Gasteiger partial charge on any atom is 0.144 e. The van der Waals surface area contributed by atoms with Crippen LogP contribution in [0.1, 0.15) is 17.2 Å². The second-order valence-corrected chi connectivity index (χ2v) is 4.12. The molecule has 0 radical (unpaired) electrons. The third kappa shape index (κ3) is 2.92. The minimum Gasteiger partial charge on any atom is -0.483 e. The number of hydrogen-bond acceptors (Lipinski definition) is 3.